The molecule has 0 saturated heterocycles. The quantitative estimate of drug-likeness (QED) is 0.731. The first-order valence-electron chi connectivity index (χ1n) is 7.27. The highest BCUT2D eigenvalue weighted by Gasteiger charge is 2.30. The van der Waals surface area contributed by atoms with Crippen LogP contribution in [0.5, 0.6) is 0 Å². The van der Waals surface area contributed by atoms with Crippen LogP contribution in [0.1, 0.15) is 24.1 Å². The summed E-state index contributed by atoms with van der Waals surface area (Å²) in [5, 5.41) is 23.0. The SMILES string of the molecule is C[C@H](NC(CO)(CO)Cc1ccccc1)c1ccccc1. The maximum absolute atomic E-state index is 9.81. The van der Waals surface area contributed by atoms with Gasteiger partial charge in [-0.3, -0.25) is 0 Å². The van der Waals surface area contributed by atoms with Gasteiger partial charge in [0.05, 0.1) is 18.8 Å². The average molecular weight is 285 g/mol. The second-order valence-electron chi connectivity index (χ2n) is 5.54. The lowest BCUT2D eigenvalue weighted by atomic mass is 9.90. The van der Waals surface area contributed by atoms with E-state index in [1.165, 1.54) is 0 Å². The predicted octanol–water partition coefficient (Wildman–Crippen LogP) is 2.30. The van der Waals surface area contributed by atoms with Gasteiger partial charge in [-0.05, 0) is 24.5 Å². The molecule has 2 aromatic carbocycles. The number of benzene rings is 2. The maximum atomic E-state index is 9.81. The van der Waals surface area contributed by atoms with Crippen molar-refractivity contribution in [3.8, 4) is 0 Å². The van der Waals surface area contributed by atoms with Gasteiger partial charge < -0.3 is 15.5 Å². The van der Waals surface area contributed by atoms with E-state index in [0.29, 0.717) is 6.42 Å². The number of aliphatic hydroxyl groups excluding tert-OH is 2. The van der Waals surface area contributed by atoms with E-state index in [-0.39, 0.29) is 19.3 Å². The van der Waals surface area contributed by atoms with E-state index in [1.807, 2.05) is 67.6 Å². The third-order valence-corrected chi connectivity index (χ3v) is 3.81. The van der Waals surface area contributed by atoms with Crippen molar-refractivity contribution in [2.75, 3.05) is 13.2 Å². The van der Waals surface area contributed by atoms with Gasteiger partial charge >= 0.3 is 0 Å². The number of nitrogens with one attached hydrogen (secondary N) is 1. The van der Waals surface area contributed by atoms with Crippen molar-refractivity contribution in [1.82, 2.24) is 5.32 Å². The zero-order chi connectivity index (χ0) is 15.1. The molecule has 0 fully saturated rings. The van der Waals surface area contributed by atoms with Crippen LogP contribution in [-0.4, -0.2) is 29.0 Å². The molecule has 2 aromatic rings. The molecule has 3 N–H and O–H groups in total. The molecule has 1 atom stereocenters. The number of hydrogen-bond donors (Lipinski definition) is 3. The zero-order valence-electron chi connectivity index (χ0n) is 12.4. The monoisotopic (exact) mass is 285 g/mol. The molecule has 0 aliphatic heterocycles. The Morgan fingerprint density at radius 3 is 1.95 bits per heavy atom. The lowest BCUT2D eigenvalue weighted by Gasteiger charge is -2.34. The number of rotatable bonds is 7. The van der Waals surface area contributed by atoms with Crippen LogP contribution in [0, 0.1) is 0 Å². The Bertz CT molecular complexity index is 523. The van der Waals surface area contributed by atoms with Crippen molar-refractivity contribution < 1.29 is 10.2 Å². The maximum Gasteiger partial charge on any atom is 0.0693 e. The summed E-state index contributed by atoms with van der Waals surface area (Å²) < 4.78 is 0. The zero-order valence-corrected chi connectivity index (χ0v) is 12.4. The molecule has 3 heteroatoms. The molecule has 2 rings (SSSR count). The minimum Gasteiger partial charge on any atom is -0.394 e. The summed E-state index contributed by atoms with van der Waals surface area (Å²) in [6.45, 7) is 1.81. The number of hydrogen-bond acceptors (Lipinski definition) is 3. The fraction of sp³-hybridized carbons (Fsp3) is 0.333. The molecule has 0 aromatic heterocycles. The second-order valence-corrected chi connectivity index (χ2v) is 5.54. The van der Waals surface area contributed by atoms with Crippen molar-refractivity contribution in [2.24, 2.45) is 0 Å². The Morgan fingerprint density at radius 2 is 1.43 bits per heavy atom. The Hall–Kier alpha value is -1.68. The molecule has 0 aliphatic carbocycles. The smallest absolute Gasteiger partial charge is 0.0693 e. The van der Waals surface area contributed by atoms with E-state index < -0.39 is 5.54 Å². The molecular weight excluding hydrogens is 262 g/mol. The van der Waals surface area contributed by atoms with Crippen LogP contribution in [0.2, 0.25) is 0 Å². The highest BCUT2D eigenvalue weighted by atomic mass is 16.3. The van der Waals surface area contributed by atoms with Crippen LogP contribution >= 0.6 is 0 Å². The molecule has 0 amide bonds. The summed E-state index contributed by atoms with van der Waals surface area (Å²) in [5.74, 6) is 0. The topological polar surface area (TPSA) is 52.5 Å². The Balaban J connectivity index is 2.14. The first kappa shape index (κ1) is 15.7. The van der Waals surface area contributed by atoms with Crippen LogP contribution in [-0.2, 0) is 6.42 Å². The van der Waals surface area contributed by atoms with Gasteiger partial charge in [0, 0.05) is 6.04 Å². The Kier molecular flexibility index (Phi) is 5.51. The molecule has 0 saturated carbocycles. The standard InChI is InChI=1S/C18H23NO2/c1-15(17-10-6-3-7-11-17)19-18(13-20,14-21)12-16-8-4-2-5-9-16/h2-11,15,19-21H,12-14H2,1H3/t15-/m0/s1. The van der Waals surface area contributed by atoms with Gasteiger partial charge in [0.25, 0.3) is 0 Å². The molecule has 21 heavy (non-hydrogen) atoms. The van der Waals surface area contributed by atoms with Crippen molar-refractivity contribution in [2.45, 2.75) is 24.9 Å². The van der Waals surface area contributed by atoms with Crippen LogP contribution in [0.25, 0.3) is 0 Å². The summed E-state index contributed by atoms with van der Waals surface area (Å²) in [5.41, 5.74) is 1.50. The Morgan fingerprint density at radius 1 is 0.905 bits per heavy atom. The molecule has 112 valence electrons. The third kappa shape index (κ3) is 4.14. The summed E-state index contributed by atoms with van der Waals surface area (Å²) >= 11 is 0. The molecular formula is C18H23NO2. The lowest BCUT2D eigenvalue weighted by molar-refractivity contribution is 0.0822. The first-order valence-corrected chi connectivity index (χ1v) is 7.27. The van der Waals surface area contributed by atoms with E-state index in [9.17, 15) is 10.2 Å². The molecule has 0 radical (unpaired) electrons. The van der Waals surface area contributed by atoms with Gasteiger partial charge in [-0.15, -0.1) is 0 Å². The molecule has 0 heterocycles. The van der Waals surface area contributed by atoms with E-state index in [2.05, 4.69) is 5.32 Å². The third-order valence-electron chi connectivity index (χ3n) is 3.81. The second kappa shape index (κ2) is 7.36. The summed E-state index contributed by atoms with van der Waals surface area (Å²) in [6.07, 6.45) is 0.581. The van der Waals surface area contributed by atoms with E-state index in [1.54, 1.807) is 0 Å². The van der Waals surface area contributed by atoms with Crippen molar-refractivity contribution >= 4 is 0 Å². The van der Waals surface area contributed by atoms with Gasteiger partial charge in [0.15, 0.2) is 0 Å². The van der Waals surface area contributed by atoms with Crippen molar-refractivity contribution in [3.05, 3.63) is 71.8 Å². The normalized spacial score (nSPS) is 13.1. The van der Waals surface area contributed by atoms with Crippen LogP contribution in [0.4, 0.5) is 0 Å². The molecule has 3 nitrogen and oxygen atoms in total. The largest absolute Gasteiger partial charge is 0.394 e. The highest BCUT2D eigenvalue weighted by molar-refractivity contribution is 5.21. The predicted molar refractivity (Wildman–Crippen MR) is 85.0 cm³/mol. The number of aliphatic hydroxyl groups is 2. The van der Waals surface area contributed by atoms with Crippen LogP contribution in [0.15, 0.2) is 60.7 Å². The fourth-order valence-electron chi connectivity index (χ4n) is 2.58. The summed E-state index contributed by atoms with van der Waals surface area (Å²) in [4.78, 5) is 0. The van der Waals surface area contributed by atoms with Gasteiger partial charge in [-0.1, -0.05) is 60.7 Å². The first-order chi connectivity index (χ1) is 10.2. The Labute approximate surface area is 126 Å². The van der Waals surface area contributed by atoms with E-state index in [0.717, 1.165) is 11.1 Å². The van der Waals surface area contributed by atoms with Gasteiger partial charge in [0.1, 0.15) is 0 Å². The van der Waals surface area contributed by atoms with Crippen LogP contribution < -0.4 is 5.32 Å². The van der Waals surface area contributed by atoms with Crippen molar-refractivity contribution in [1.29, 1.82) is 0 Å². The van der Waals surface area contributed by atoms with Gasteiger partial charge in [0.2, 0.25) is 0 Å². The van der Waals surface area contributed by atoms with Gasteiger partial charge in [-0.25, -0.2) is 0 Å². The minimum absolute atomic E-state index is 0.0502. The molecule has 0 unspecified atom stereocenters. The molecule has 0 aliphatic rings. The van der Waals surface area contributed by atoms with E-state index in [4.69, 9.17) is 0 Å². The average Bonchev–Trinajstić information content (AvgIpc) is 2.56. The summed E-state index contributed by atoms with van der Waals surface area (Å²) in [6, 6.07) is 20.0. The fourth-order valence-corrected chi connectivity index (χ4v) is 2.58. The van der Waals surface area contributed by atoms with Crippen molar-refractivity contribution in [3.63, 3.8) is 0 Å². The molecule has 0 bridgehead atoms. The molecule has 0 spiro atoms. The van der Waals surface area contributed by atoms with Crippen LogP contribution in [0.3, 0.4) is 0 Å². The lowest BCUT2D eigenvalue weighted by Crippen LogP contribution is -2.54. The van der Waals surface area contributed by atoms with E-state index >= 15 is 0 Å². The minimum atomic E-state index is -0.726. The highest BCUT2D eigenvalue weighted by Crippen LogP contribution is 2.20. The summed E-state index contributed by atoms with van der Waals surface area (Å²) in [7, 11) is 0. The van der Waals surface area contributed by atoms with Gasteiger partial charge in [-0.2, -0.15) is 0 Å².